The van der Waals surface area contributed by atoms with Crippen LogP contribution in [-0.2, 0) is 11.8 Å². The average molecular weight is 361 g/mol. The fourth-order valence-corrected chi connectivity index (χ4v) is 2.36. The molecule has 0 saturated carbocycles. The monoisotopic (exact) mass is 361 g/mol. The van der Waals surface area contributed by atoms with Crippen molar-refractivity contribution >= 4 is 23.9 Å². The number of alkyl halides is 1. The number of rotatable bonds is 3. The Morgan fingerprint density at radius 3 is 2.54 bits per heavy atom. The largest absolute Gasteiger partial charge is 0.443 e. The molecule has 1 aromatic heterocycles. The topological polar surface area (TPSA) is 62.6 Å². The van der Waals surface area contributed by atoms with Gasteiger partial charge in [0.15, 0.2) is 0 Å². The lowest BCUT2D eigenvalue weighted by Gasteiger charge is -2.21. The van der Waals surface area contributed by atoms with E-state index < -0.39 is 17.9 Å². The second kappa shape index (κ2) is 9.12. The first kappa shape index (κ1) is 20.6. The van der Waals surface area contributed by atoms with E-state index in [0.29, 0.717) is 6.54 Å². The second-order valence-corrected chi connectivity index (χ2v) is 7.65. The first-order chi connectivity index (χ1) is 11.1. The molecule has 9 heteroatoms. The third-order valence-corrected chi connectivity index (χ3v) is 3.80. The van der Waals surface area contributed by atoms with Gasteiger partial charge in [0.05, 0.1) is 24.0 Å². The number of hydrogen-bond donors (Lipinski definition) is 1. The van der Waals surface area contributed by atoms with Gasteiger partial charge in [-0.3, -0.25) is 8.99 Å². The van der Waals surface area contributed by atoms with Crippen molar-refractivity contribution in [1.29, 1.82) is 0 Å². The molecule has 0 aromatic carbocycles. The summed E-state index contributed by atoms with van der Waals surface area (Å²) < 4.78 is 23.3. The van der Waals surface area contributed by atoms with Crippen molar-refractivity contribution < 1.29 is 13.9 Å². The molecule has 1 amide bonds. The minimum atomic E-state index is -0.551. The summed E-state index contributed by atoms with van der Waals surface area (Å²) in [6.45, 7) is 7.04. The summed E-state index contributed by atoms with van der Waals surface area (Å²) in [5.74, 6) is 0. The summed E-state index contributed by atoms with van der Waals surface area (Å²) in [6.07, 6.45) is 3.28. The Morgan fingerprint density at radius 1 is 1.50 bits per heavy atom. The predicted molar refractivity (Wildman–Crippen MR) is 95.6 cm³/mol. The first-order valence-electron chi connectivity index (χ1n) is 7.78. The Bertz CT molecular complexity index is 512. The summed E-state index contributed by atoms with van der Waals surface area (Å²) in [7, 11) is 5.61. The minimum Gasteiger partial charge on any atom is -0.443 e. The number of hydrogen-bond acceptors (Lipinski definition) is 6. The van der Waals surface area contributed by atoms with Gasteiger partial charge in [-0.2, -0.15) is 5.10 Å². The van der Waals surface area contributed by atoms with Crippen LogP contribution in [0.2, 0.25) is 0 Å². The van der Waals surface area contributed by atoms with Crippen LogP contribution < -0.4 is 9.03 Å². The summed E-state index contributed by atoms with van der Waals surface area (Å²) in [6, 6.07) is 0. The Kier molecular flexibility index (Phi) is 7.82. The molecule has 0 spiro atoms. The van der Waals surface area contributed by atoms with Crippen LogP contribution in [0.4, 0.5) is 14.9 Å². The van der Waals surface area contributed by atoms with Gasteiger partial charge < -0.3 is 9.64 Å². The smallest absolute Gasteiger partial charge is 0.419 e. The van der Waals surface area contributed by atoms with Crippen molar-refractivity contribution in [2.24, 2.45) is 7.05 Å². The van der Waals surface area contributed by atoms with Crippen LogP contribution >= 0.6 is 12.1 Å². The van der Waals surface area contributed by atoms with Crippen LogP contribution in [0.1, 0.15) is 27.2 Å². The van der Waals surface area contributed by atoms with Gasteiger partial charge in [-0.05, 0) is 34.2 Å². The van der Waals surface area contributed by atoms with Crippen molar-refractivity contribution in [3.63, 3.8) is 0 Å². The molecule has 0 radical (unpaired) electrons. The van der Waals surface area contributed by atoms with E-state index in [-0.39, 0.29) is 0 Å². The molecule has 1 saturated heterocycles. The number of anilines is 1. The van der Waals surface area contributed by atoms with Crippen molar-refractivity contribution in [3.05, 3.63) is 12.4 Å². The van der Waals surface area contributed by atoms with Crippen LogP contribution in [0.15, 0.2) is 12.4 Å². The molecule has 0 aliphatic carbocycles. The van der Waals surface area contributed by atoms with E-state index in [1.54, 1.807) is 15.2 Å². The number of nitrogens with zero attached hydrogens (tertiary/aromatic N) is 4. The molecule has 1 N–H and O–H groups in total. The quantitative estimate of drug-likeness (QED) is 0.835. The normalized spacial score (nSPS) is 17.9. The Hall–Kier alpha value is -1.48. The summed E-state index contributed by atoms with van der Waals surface area (Å²) in [4.78, 5) is 13.4. The molecule has 2 heterocycles. The number of carbonyl (C=O) groups excluding carboxylic acids is 1. The van der Waals surface area contributed by atoms with Gasteiger partial charge in [0.25, 0.3) is 0 Å². The van der Waals surface area contributed by atoms with Crippen molar-refractivity contribution in [3.8, 4) is 0 Å². The molecule has 138 valence electrons. The highest BCUT2D eigenvalue weighted by atomic mass is 32.2. The standard InChI is InChI=1S/C10H18N4O2S.C5H10FN/c1-10(2,3)16-9(15)12-17-14(5)8-6-11-13(4)7-8;1-7-3-2-5(6)4-7/h6-7H,1-5H3,(H,12,15);5H,2-4H2,1H3. The van der Waals surface area contributed by atoms with Gasteiger partial charge in [0, 0.05) is 33.4 Å². The van der Waals surface area contributed by atoms with Crippen LogP contribution in [0.5, 0.6) is 0 Å². The maximum absolute atomic E-state index is 12.1. The van der Waals surface area contributed by atoms with E-state index in [2.05, 4.69) is 9.82 Å². The molecular formula is C15H28FN5O2S. The molecule has 0 bridgehead atoms. The maximum atomic E-state index is 12.1. The number of carbonyl (C=O) groups is 1. The second-order valence-electron chi connectivity index (χ2n) is 6.71. The lowest BCUT2D eigenvalue weighted by molar-refractivity contribution is 0.0574. The van der Waals surface area contributed by atoms with Crippen LogP contribution in [-0.4, -0.2) is 59.7 Å². The van der Waals surface area contributed by atoms with Gasteiger partial charge in [-0.1, -0.05) is 0 Å². The predicted octanol–water partition coefficient (Wildman–Crippen LogP) is 2.60. The van der Waals surface area contributed by atoms with Crippen molar-refractivity contribution in [2.45, 2.75) is 39.0 Å². The Balaban J connectivity index is 0.000000341. The molecular weight excluding hydrogens is 333 g/mol. The molecule has 2 rings (SSSR count). The van der Waals surface area contributed by atoms with Crippen molar-refractivity contribution in [2.75, 3.05) is 31.5 Å². The zero-order valence-electron chi connectivity index (χ0n) is 15.2. The molecule has 1 aliphatic heterocycles. The maximum Gasteiger partial charge on any atom is 0.419 e. The fourth-order valence-electron chi connectivity index (χ4n) is 1.91. The molecule has 1 aliphatic rings. The average Bonchev–Trinajstić information content (AvgIpc) is 3.03. The fraction of sp³-hybridized carbons (Fsp3) is 0.733. The molecule has 1 fully saturated rings. The molecule has 7 nitrogen and oxygen atoms in total. The number of aryl methyl sites for hydroxylation is 1. The lowest BCUT2D eigenvalue weighted by atomic mass is 10.2. The number of likely N-dealkylation sites (tertiary alicyclic amines) is 1. The lowest BCUT2D eigenvalue weighted by Crippen LogP contribution is -2.31. The van der Waals surface area contributed by atoms with E-state index in [9.17, 15) is 9.18 Å². The number of ether oxygens (including phenoxy) is 1. The summed E-state index contributed by atoms with van der Waals surface area (Å²) in [5.41, 5.74) is 0.408. The molecule has 1 aromatic rings. The Morgan fingerprint density at radius 2 is 2.17 bits per heavy atom. The number of aromatic nitrogens is 2. The highest BCUT2D eigenvalue weighted by Crippen LogP contribution is 2.17. The number of halogens is 1. The van der Waals surface area contributed by atoms with Crippen LogP contribution in [0, 0.1) is 0 Å². The Labute approximate surface area is 147 Å². The molecule has 24 heavy (non-hydrogen) atoms. The highest BCUT2D eigenvalue weighted by Gasteiger charge is 2.17. The van der Waals surface area contributed by atoms with E-state index in [0.717, 1.165) is 30.8 Å². The van der Waals surface area contributed by atoms with Crippen LogP contribution in [0.25, 0.3) is 0 Å². The zero-order valence-corrected chi connectivity index (χ0v) is 16.1. The third kappa shape index (κ3) is 8.39. The van der Waals surface area contributed by atoms with Gasteiger partial charge in [0.2, 0.25) is 0 Å². The minimum absolute atomic E-state index is 0.460. The van der Waals surface area contributed by atoms with E-state index in [4.69, 9.17) is 4.74 Å². The summed E-state index contributed by atoms with van der Waals surface area (Å²) >= 11 is 1.15. The van der Waals surface area contributed by atoms with Crippen molar-refractivity contribution in [1.82, 2.24) is 19.4 Å². The SMILES string of the molecule is CN(SNC(=O)OC(C)(C)C)c1cnn(C)c1.CN1CCC(F)C1. The van der Waals surface area contributed by atoms with Gasteiger partial charge >= 0.3 is 6.09 Å². The van der Waals surface area contributed by atoms with E-state index in [1.807, 2.05) is 53.0 Å². The van der Waals surface area contributed by atoms with Gasteiger partial charge in [-0.15, -0.1) is 0 Å². The highest BCUT2D eigenvalue weighted by molar-refractivity contribution is 7.99. The first-order valence-corrected chi connectivity index (χ1v) is 8.55. The number of amides is 1. The molecule has 1 atom stereocenters. The van der Waals surface area contributed by atoms with Gasteiger partial charge in [-0.25, -0.2) is 13.9 Å². The van der Waals surface area contributed by atoms with Gasteiger partial charge in [0.1, 0.15) is 11.8 Å². The van der Waals surface area contributed by atoms with E-state index in [1.165, 1.54) is 0 Å². The van der Waals surface area contributed by atoms with E-state index >= 15 is 0 Å². The zero-order chi connectivity index (χ0) is 18.3. The van der Waals surface area contributed by atoms with Crippen LogP contribution in [0.3, 0.4) is 0 Å². The number of nitrogens with one attached hydrogen (secondary N) is 1. The third-order valence-electron chi connectivity index (χ3n) is 3.05. The molecule has 1 unspecified atom stereocenters. The summed E-state index contributed by atoms with van der Waals surface area (Å²) in [5, 5.41) is 4.04.